The quantitative estimate of drug-likeness (QED) is 0.849. The van der Waals surface area contributed by atoms with Crippen molar-refractivity contribution in [1.29, 1.82) is 0 Å². The summed E-state index contributed by atoms with van der Waals surface area (Å²) in [6, 6.07) is 14.3. The summed E-state index contributed by atoms with van der Waals surface area (Å²) in [5.41, 5.74) is 1.06. The molecule has 3 nitrogen and oxygen atoms in total. The summed E-state index contributed by atoms with van der Waals surface area (Å²) in [5, 5.41) is 21.2. The van der Waals surface area contributed by atoms with Gasteiger partial charge in [-0.15, -0.1) is 0 Å². The van der Waals surface area contributed by atoms with E-state index in [-0.39, 0.29) is 12.7 Å². The lowest BCUT2D eigenvalue weighted by molar-refractivity contribution is -0.0225. The second-order valence-corrected chi connectivity index (χ2v) is 4.76. The van der Waals surface area contributed by atoms with Gasteiger partial charge in [0.1, 0.15) is 6.10 Å². The van der Waals surface area contributed by atoms with Gasteiger partial charge in [-0.2, -0.15) is 0 Å². The molecule has 1 fully saturated rings. The third-order valence-corrected chi connectivity index (χ3v) is 3.55. The van der Waals surface area contributed by atoms with Crippen LogP contribution < -0.4 is 0 Å². The van der Waals surface area contributed by atoms with E-state index in [2.05, 4.69) is 24.3 Å². The lowest BCUT2D eigenvalue weighted by Gasteiger charge is -2.13. The van der Waals surface area contributed by atoms with E-state index in [4.69, 9.17) is 9.84 Å². The summed E-state index contributed by atoms with van der Waals surface area (Å²) >= 11 is 0. The van der Waals surface area contributed by atoms with Crippen LogP contribution in [0.15, 0.2) is 42.5 Å². The van der Waals surface area contributed by atoms with E-state index in [0.29, 0.717) is 6.42 Å². The highest BCUT2D eigenvalue weighted by Gasteiger charge is 2.34. The normalized spacial score (nSPS) is 27.8. The zero-order valence-electron chi connectivity index (χ0n) is 9.99. The molecule has 18 heavy (non-hydrogen) atoms. The van der Waals surface area contributed by atoms with E-state index in [1.54, 1.807) is 0 Å². The Morgan fingerprint density at radius 3 is 2.61 bits per heavy atom. The smallest absolute Gasteiger partial charge is 0.107 e. The Labute approximate surface area is 106 Å². The van der Waals surface area contributed by atoms with Gasteiger partial charge < -0.3 is 14.9 Å². The third kappa shape index (κ3) is 2.01. The van der Waals surface area contributed by atoms with Crippen LogP contribution in [0.25, 0.3) is 10.8 Å². The minimum atomic E-state index is -0.577. The minimum absolute atomic E-state index is 0.123. The van der Waals surface area contributed by atoms with E-state index in [0.717, 1.165) is 5.56 Å². The Morgan fingerprint density at radius 2 is 1.89 bits per heavy atom. The first kappa shape index (κ1) is 11.7. The van der Waals surface area contributed by atoms with Gasteiger partial charge >= 0.3 is 0 Å². The van der Waals surface area contributed by atoms with Gasteiger partial charge in [-0.25, -0.2) is 0 Å². The molecule has 1 saturated heterocycles. The zero-order valence-corrected chi connectivity index (χ0v) is 9.99. The fourth-order valence-electron chi connectivity index (χ4n) is 2.52. The van der Waals surface area contributed by atoms with Gasteiger partial charge in [0.15, 0.2) is 0 Å². The van der Waals surface area contributed by atoms with Gasteiger partial charge in [0.25, 0.3) is 0 Å². The van der Waals surface area contributed by atoms with Crippen molar-refractivity contribution in [1.82, 2.24) is 0 Å². The van der Waals surface area contributed by atoms with Gasteiger partial charge in [-0.1, -0.05) is 36.4 Å². The molecule has 3 heteroatoms. The van der Waals surface area contributed by atoms with Gasteiger partial charge in [-0.3, -0.25) is 0 Å². The highest BCUT2D eigenvalue weighted by Crippen LogP contribution is 2.34. The van der Waals surface area contributed by atoms with E-state index in [9.17, 15) is 5.11 Å². The predicted molar refractivity (Wildman–Crippen MR) is 69.3 cm³/mol. The molecule has 1 heterocycles. The highest BCUT2D eigenvalue weighted by atomic mass is 16.5. The Kier molecular flexibility index (Phi) is 3.04. The third-order valence-electron chi connectivity index (χ3n) is 3.55. The average molecular weight is 244 g/mol. The van der Waals surface area contributed by atoms with Crippen molar-refractivity contribution in [3.05, 3.63) is 48.0 Å². The van der Waals surface area contributed by atoms with Crippen molar-refractivity contribution in [2.45, 2.75) is 24.7 Å². The molecule has 2 N–H and O–H groups in total. The Hall–Kier alpha value is -1.42. The number of fused-ring (bicyclic) bond motifs is 1. The number of hydrogen-bond donors (Lipinski definition) is 2. The molecule has 0 saturated carbocycles. The van der Waals surface area contributed by atoms with Crippen molar-refractivity contribution >= 4 is 10.8 Å². The Balaban J connectivity index is 1.91. The van der Waals surface area contributed by atoms with Gasteiger partial charge in [0.2, 0.25) is 0 Å². The largest absolute Gasteiger partial charge is 0.394 e. The molecular weight excluding hydrogens is 228 g/mol. The van der Waals surface area contributed by atoms with Crippen LogP contribution in [0.3, 0.4) is 0 Å². The molecule has 3 atom stereocenters. The van der Waals surface area contributed by atoms with Crippen LogP contribution in [0.1, 0.15) is 18.1 Å². The number of ether oxygens (including phenoxy) is 1. The molecule has 0 bridgehead atoms. The van der Waals surface area contributed by atoms with Crippen LogP contribution in [0.5, 0.6) is 0 Å². The monoisotopic (exact) mass is 244 g/mol. The Bertz CT molecular complexity index is 552. The fourth-order valence-corrected chi connectivity index (χ4v) is 2.52. The molecule has 3 rings (SSSR count). The second kappa shape index (κ2) is 4.69. The minimum Gasteiger partial charge on any atom is -0.394 e. The summed E-state index contributed by atoms with van der Waals surface area (Å²) in [6.07, 6.45) is -0.612. The first-order valence-corrected chi connectivity index (χ1v) is 6.21. The van der Waals surface area contributed by atoms with Crippen LogP contribution >= 0.6 is 0 Å². The molecule has 0 aliphatic carbocycles. The summed E-state index contributed by atoms with van der Waals surface area (Å²) in [7, 11) is 0. The number of benzene rings is 2. The van der Waals surface area contributed by atoms with E-state index in [1.165, 1.54) is 10.8 Å². The summed E-state index contributed by atoms with van der Waals surface area (Å²) in [4.78, 5) is 0. The molecular formula is C15H16O3. The molecule has 2 aromatic carbocycles. The summed E-state index contributed by atoms with van der Waals surface area (Å²) in [6.45, 7) is -0.134. The summed E-state index contributed by atoms with van der Waals surface area (Å²) < 4.78 is 5.66. The number of rotatable bonds is 2. The molecule has 1 aliphatic rings. The lowest BCUT2D eigenvalue weighted by atomic mass is 10.0. The number of aliphatic hydroxyl groups excluding tert-OH is 2. The van der Waals surface area contributed by atoms with E-state index < -0.39 is 12.2 Å². The maximum absolute atomic E-state index is 9.75. The molecule has 0 aromatic heterocycles. The average Bonchev–Trinajstić information content (AvgIpc) is 2.79. The van der Waals surface area contributed by atoms with Crippen LogP contribution in [0, 0.1) is 0 Å². The standard InChI is InChI=1S/C15H16O3/c16-9-15-13(17)8-14(18-15)12-6-5-10-3-1-2-4-11(10)7-12/h1-7,13-17H,8-9H2/t13-,14-,15-/m1/s1. The van der Waals surface area contributed by atoms with Gasteiger partial charge in [-0.05, 0) is 22.4 Å². The molecule has 1 aliphatic heterocycles. The molecule has 0 spiro atoms. The van der Waals surface area contributed by atoms with Gasteiger partial charge in [0, 0.05) is 6.42 Å². The van der Waals surface area contributed by atoms with Crippen molar-refractivity contribution in [3.8, 4) is 0 Å². The topological polar surface area (TPSA) is 49.7 Å². The van der Waals surface area contributed by atoms with Gasteiger partial charge in [0.05, 0.1) is 18.8 Å². The maximum Gasteiger partial charge on any atom is 0.107 e. The number of aliphatic hydroxyl groups is 2. The van der Waals surface area contributed by atoms with Crippen molar-refractivity contribution in [2.24, 2.45) is 0 Å². The van der Waals surface area contributed by atoms with E-state index >= 15 is 0 Å². The lowest BCUT2D eigenvalue weighted by Crippen LogP contribution is -2.24. The molecule has 0 radical (unpaired) electrons. The van der Waals surface area contributed by atoms with Crippen molar-refractivity contribution in [2.75, 3.05) is 6.61 Å². The number of hydrogen-bond acceptors (Lipinski definition) is 3. The first-order valence-electron chi connectivity index (χ1n) is 6.21. The van der Waals surface area contributed by atoms with Crippen LogP contribution in [0.4, 0.5) is 0 Å². The fraction of sp³-hybridized carbons (Fsp3) is 0.333. The predicted octanol–water partition coefficient (Wildman–Crippen LogP) is 2.02. The molecule has 0 unspecified atom stereocenters. The molecule has 0 amide bonds. The zero-order chi connectivity index (χ0) is 12.5. The molecule has 2 aromatic rings. The van der Waals surface area contributed by atoms with Crippen LogP contribution in [0.2, 0.25) is 0 Å². The van der Waals surface area contributed by atoms with E-state index in [1.807, 2.05) is 18.2 Å². The SMILES string of the molecule is OC[C@H]1O[C@@H](c2ccc3ccccc3c2)C[C@H]1O. The van der Waals surface area contributed by atoms with Crippen LogP contribution in [-0.4, -0.2) is 29.0 Å². The molecule has 94 valence electrons. The highest BCUT2D eigenvalue weighted by molar-refractivity contribution is 5.83. The maximum atomic E-state index is 9.75. The Morgan fingerprint density at radius 1 is 1.11 bits per heavy atom. The first-order chi connectivity index (χ1) is 8.78. The van der Waals surface area contributed by atoms with Crippen molar-refractivity contribution in [3.63, 3.8) is 0 Å². The summed E-state index contributed by atoms with van der Waals surface area (Å²) in [5.74, 6) is 0. The second-order valence-electron chi connectivity index (χ2n) is 4.76. The van der Waals surface area contributed by atoms with Crippen LogP contribution in [-0.2, 0) is 4.74 Å². The van der Waals surface area contributed by atoms with Crippen molar-refractivity contribution < 1.29 is 14.9 Å².